The van der Waals surface area contributed by atoms with E-state index in [1.165, 1.54) is 12.8 Å². The zero-order valence-electron chi connectivity index (χ0n) is 8.14. The van der Waals surface area contributed by atoms with Gasteiger partial charge in [0.05, 0.1) is 5.69 Å². The third kappa shape index (κ3) is 1.45. The molecule has 1 saturated carbocycles. The van der Waals surface area contributed by atoms with Crippen LogP contribution in [0, 0.1) is 0 Å². The molecule has 76 valence electrons. The van der Waals surface area contributed by atoms with E-state index in [-0.39, 0.29) is 0 Å². The molecule has 1 fully saturated rings. The summed E-state index contributed by atoms with van der Waals surface area (Å²) in [5.74, 6) is 2.11. The molecular formula is C10H11N5. The van der Waals surface area contributed by atoms with Crippen molar-refractivity contribution >= 4 is 5.69 Å². The summed E-state index contributed by atoms with van der Waals surface area (Å²) in [5, 5.41) is 7.07. The minimum absolute atomic E-state index is 0.566. The van der Waals surface area contributed by atoms with Crippen LogP contribution in [-0.4, -0.2) is 20.2 Å². The number of rotatable bonds is 2. The minimum Gasteiger partial charge on any atom is -0.397 e. The van der Waals surface area contributed by atoms with Gasteiger partial charge in [-0.3, -0.25) is 10.1 Å². The molecule has 2 aromatic heterocycles. The molecule has 5 nitrogen and oxygen atoms in total. The van der Waals surface area contributed by atoms with Crippen molar-refractivity contribution in [1.29, 1.82) is 0 Å². The van der Waals surface area contributed by atoms with Crippen molar-refractivity contribution in [2.75, 3.05) is 5.73 Å². The normalized spacial score (nSPS) is 15.5. The number of pyridine rings is 1. The zero-order chi connectivity index (χ0) is 10.3. The molecule has 15 heavy (non-hydrogen) atoms. The number of nitrogens with two attached hydrogens (primary N) is 1. The van der Waals surface area contributed by atoms with E-state index >= 15 is 0 Å². The van der Waals surface area contributed by atoms with Crippen LogP contribution in [0.4, 0.5) is 5.69 Å². The third-order valence-corrected chi connectivity index (χ3v) is 2.52. The number of nitrogens with zero attached hydrogens (tertiary/aromatic N) is 3. The molecule has 0 saturated heterocycles. The van der Waals surface area contributed by atoms with Gasteiger partial charge in [-0.05, 0) is 25.0 Å². The quantitative estimate of drug-likeness (QED) is 0.768. The molecule has 3 rings (SSSR count). The fraction of sp³-hybridized carbons (Fsp3) is 0.300. The van der Waals surface area contributed by atoms with Crippen LogP contribution >= 0.6 is 0 Å². The molecule has 5 heteroatoms. The number of aromatic amines is 1. The van der Waals surface area contributed by atoms with Crippen molar-refractivity contribution in [3.63, 3.8) is 0 Å². The van der Waals surface area contributed by atoms with Crippen molar-refractivity contribution in [1.82, 2.24) is 20.2 Å². The molecule has 0 amide bonds. The molecule has 0 bridgehead atoms. The monoisotopic (exact) mass is 201 g/mol. The predicted molar refractivity (Wildman–Crippen MR) is 56.0 cm³/mol. The molecule has 2 heterocycles. The maximum Gasteiger partial charge on any atom is 0.201 e. The summed E-state index contributed by atoms with van der Waals surface area (Å²) in [6, 6.07) is 3.60. The Morgan fingerprint density at radius 1 is 1.40 bits per heavy atom. The van der Waals surface area contributed by atoms with E-state index < -0.39 is 0 Å². The Kier molecular flexibility index (Phi) is 1.71. The maximum atomic E-state index is 5.80. The van der Waals surface area contributed by atoms with Gasteiger partial charge in [-0.25, -0.2) is 4.98 Å². The van der Waals surface area contributed by atoms with Crippen LogP contribution in [0.3, 0.4) is 0 Å². The van der Waals surface area contributed by atoms with Crippen LogP contribution in [0.15, 0.2) is 18.3 Å². The number of nitrogens with one attached hydrogen (secondary N) is 1. The van der Waals surface area contributed by atoms with Crippen molar-refractivity contribution in [3.05, 3.63) is 24.2 Å². The number of nitrogen functional groups attached to an aromatic ring is 1. The van der Waals surface area contributed by atoms with Gasteiger partial charge in [0.25, 0.3) is 0 Å². The van der Waals surface area contributed by atoms with Gasteiger partial charge in [-0.1, -0.05) is 0 Å². The Morgan fingerprint density at radius 3 is 3.00 bits per heavy atom. The lowest BCUT2D eigenvalue weighted by atomic mass is 10.3. The summed E-state index contributed by atoms with van der Waals surface area (Å²) >= 11 is 0. The lowest BCUT2D eigenvalue weighted by Crippen LogP contribution is -1.93. The van der Waals surface area contributed by atoms with Gasteiger partial charge in [-0.2, -0.15) is 5.10 Å². The predicted octanol–water partition coefficient (Wildman–Crippen LogP) is 1.33. The van der Waals surface area contributed by atoms with E-state index in [2.05, 4.69) is 20.2 Å². The SMILES string of the molecule is Nc1cccnc1-c1n[nH]c(C2CC2)n1. The summed E-state index contributed by atoms with van der Waals surface area (Å²) in [5.41, 5.74) is 7.06. The van der Waals surface area contributed by atoms with Crippen LogP contribution in [0.25, 0.3) is 11.5 Å². The first-order chi connectivity index (χ1) is 7.34. The van der Waals surface area contributed by atoms with Gasteiger partial charge in [-0.15, -0.1) is 0 Å². The average Bonchev–Trinajstić information content (AvgIpc) is 2.99. The molecule has 2 aromatic rings. The summed E-state index contributed by atoms with van der Waals surface area (Å²) in [6.07, 6.45) is 4.09. The Morgan fingerprint density at radius 2 is 2.27 bits per heavy atom. The number of hydrogen-bond donors (Lipinski definition) is 2. The minimum atomic E-state index is 0.566. The van der Waals surface area contributed by atoms with Crippen molar-refractivity contribution in [3.8, 4) is 11.5 Å². The van der Waals surface area contributed by atoms with Crippen molar-refractivity contribution < 1.29 is 0 Å². The highest BCUT2D eigenvalue weighted by molar-refractivity contribution is 5.66. The van der Waals surface area contributed by atoms with E-state index in [0.717, 1.165) is 5.82 Å². The van der Waals surface area contributed by atoms with Crippen molar-refractivity contribution in [2.24, 2.45) is 0 Å². The molecule has 0 atom stereocenters. The first-order valence-electron chi connectivity index (χ1n) is 4.98. The highest BCUT2D eigenvalue weighted by Gasteiger charge is 2.27. The summed E-state index contributed by atoms with van der Waals surface area (Å²) in [7, 11) is 0. The van der Waals surface area contributed by atoms with Crippen LogP contribution in [0.2, 0.25) is 0 Å². The molecule has 1 aliphatic rings. The van der Waals surface area contributed by atoms with Gasteiger partial charge in [0.1, 0.15) is 11.5 Å². The van der Waals surface area contributed by atoms with Crippen LogP contribution < -0.4 is 5.73 Å². The molecular weight excluding hydrogens is 190 g/mol. The number of aromatic nitrogens is 4. The highest BCUT2D eigenvalue weighted by atomic mass is 15.2. The fourth-order valence-electron chi connectivity index (χ4n) is 1.52. The van der Waals surface area contributed by atoms with Gasteiger partial charge in [0, 0.05) is 12.1 Å². The van der Waals surface area contributed by atoms with Crippen LogP contribution in [0.5, 0.6) is 0 Å². The highest BCUT2D eigenvalue weighted by Crippen LogP contribution is 2.38. The molecule has 0 unspecified atom stereocenters. The third-order valence-electron chi connectivity index (χ3n) is 2.52. The lowest BCUT2D eigenvalue weighted by Gasteiger charge is -1.97. The summed E-state index contributed by atoms with van der Waals surface area (Å²) in [6.45, 7) is 0. The molecule has 0 aromatic carbocycles. The summed E-state index contributed by atoms with van der Waals surface area (Å²) < 4.78 is 0. The van der Waals surface area contributed by atoms with E-state index in [4.69, 9.17) is 5.73 Å². The molecule has 0 aliphatic heterocycles. The van der Waals surface area contributed by atoms with Crippen LogP contribution in [-0.2, 0) is 0 Å². The van der Waals surface area contributed by atoms with Gasteiger partial charge in [0.2, 0.25) is 5.82 Å². The topological polar surface area (TPSA) is 80.5 Å². The first-order valence-corrected chi connectivity index (χ1v) is 4.98. The molecule has 0 spiro atoms. The van der Waals surface area contributed by atoms with E-state index in [0.29, 0.717) is 23.1 Å². The Balaban J connectivity index is 2.01. The average molecular weight is 201 g/mol. The van der Waals surface area contributed by atoms with E-state index in [1.807, 2.05) is 0 Å². The standard InChI is InChI=1S/C10H11N5/c11-7-2-1-5-12-8(7)10-13-9(14-15-10)6-3-4-6/h1-2,5-6H,3-4,11H2,(H,13,14,15). The number of hydrogen-bond acceptors (Lipinski definition) is 4. The maximum absolute atomic E-state index is 5.80. The van der Waals surface area contributed by atoms with Gasteiger partial charge < -0.3 is 5.73 Å². The van der Waals surface area contributed by atoms with E-state index in [1.54, 1.807) is 18.3 Å². The fourth-order valence-corrected chi connectivity index (χ4v) is 1.52. The molecule has 0 radical (unpaired) electrons. The molecule has 3 N–H and O–H groups in total. The lowest BCUT2D eigenvalue weighted by molar-refractivity contribution is 0.935. The second-order valence-electron chi connectivity index (χ2n) is 3.76. The second-order valence-corrected chi connectivity index (χ2v) is 3.76. The second kappa shape index (κ2) is 3.05. The van der Waals surface area contributed by atoms with Gasteiger partial charge >= 0.3 is 0 Å². The number of anilines is 1. The first kappa shape index (κ1) is 8.40. The Bertz CT molecular complexity index is 486. The van der Waals surface area contributed by atoms with Gasteiger partial charge in [0.15, 0.2) is 0 Å². The van der Waals surface area contributed by atoms with E-state index in [9.17, 15) is 0 Å². The Labute approximate surface area is 86.8 Å². The van der Waals surface area contributed by atoms with Crippen LogP contribution in [0.1, 0.15) is 24.6 Å². The summed E-state index contributed by atoms with van der Waals surface area (Å²) in [4.78, 5) is 8.57. The number of H-pyrrole nitrogens is 1. The Hall–Kier alpha value is -1.91. The zero-order valence-corrected chi connectivity index (χ0v) is 8.14. The smallest absolute Gasteiger partial charge is 0.201 e. The molecule has 1 aliphatic carbocycles. The van der Waals surface area contributed by atoms with Crippen molar-refractivity contribution in [2.45, 2.75) is 18.8 Å². The largest absolute Gasteiger partial charge is 0.397 e.